The zero-order valence-electron chi connectivity index (χ0n) is 18.2. The molecule has 0 bridgehead atoms. The van der Waals surface area contributed by atoms with Gasteiger partial charge >= 0.3 is 6.18 Å². The van der Waals surface area contributed by atoms with E-state index in [0.29, 0.717) is 35.0 Å². The van der Waals surface area contributed by atoms with Gasteiger partial charge in [0.05, 0.1) is 17.5 Å². The zero-order chi connectivity index (χ0) is 23.3. The third-order valence-corrected chi connectivity index (χ3v) is 5.62. The van der Waals surface area contributed by atoms with Crippen molar-refractivity contribution in [2.45, 2.75) is 57.7 Å². The van der Waals surface area contributed by atoms with Gasteiger partial charge in [-0.1, -0.05) is 31.5 Å². The van der Waals surface area contributed by atoms with Crippen molar-refractivity contribution in [3.8, 4) is 16.9 Å². The summed E-state index contributed by atoms with van der Waals surface area (Å²) in [4.78, 5) is 4.62. The Morgan fingerprint density at radius 1 is 1.25 bits per heavy atom. The van der Waals surface area contributed by atoms with Gasteiger partial charge in [0.2, 0.25) is 0 Å². The standard InChI is InChI=1S/C23H26ClF3N4O/c1-13(2)10-22(3,28)12-32-19-7-6-15(8-17(19)23(25,26)27)16-9-20(24)30-31-11-18(14-4-5-14)29-21(16)31/h6-9,11,13-14H,4-5,10,12,28H2,1-3H3. The van der Waals surface area contributed by atoms with E-state index in [1.165, 1.54) is 16.6 Å². The summed E-state index contributed by atoms with van der Waals surface area (Å²) < 4.78 is 48.9. The SMILES string of the molecule is CC(C)CC(C)(N)COc1ccc(-c2cc(Cl)nn3cc(C4CC4)nc23)cc1C(F)(F)F. The molecular formula is C23H26ClF3N4O. The van der Waals surface area contributed by atoms with E-state index in [0.717, 1.165) is 24.6 Å². The highest BCUT2D eigenvalue weighted by molar-refractivity contribution is 6.29. The largest absolute Gasteiger partial charge is 0.491 e. The summed E-state index contributed by atoms with van der Waals surface area (Å²) in [6.45, 7) is 5.77. The molecule has 3 aromatic rings. The van der Waals surface area contributed by atoms with Crippen molar-refractivity contribution in [1.29, 1.82) is 0 Å². The first-order chi connectivity index (χ1) is 14.9. The van der Waals surface area contributed by atoms with Crippen LogP contribution in [-0.2, 0) is 6.18 Å². The summed E-state index contributed by atoms with van der Waals surface area (Å²) in [5.74, 6) is 0.424. The van der Waals surface area contributed by atoms with E-state index >= 15 is 0 Å². The van der Waals surface area contributed by atoms with Crippen LogP contribution in [0.4, 0.5) is 13.2 Å². The highest BCUT2D eigenvalue weighted by Crippen LogP contribution is 2.42. The van der Waals surface area contributed by atoms with Crippen molar-refractivity contribution >= 4 is 17.2 Å². The molecule has 1 saturated carbocycles. The van der Waals surface area contributed by atoms with E-state index in [1.807, 2.05) is 13.8 Å². The molecule has 0 radical (unpaired) electrons. The Morgan fingerprint density at radius 3 is 2.59 bits per heavy atom. The first-order valence-corrected chi connectivity index (χ1v) is 11.0. The van der Waals surface area contributed by atoms with Crippen LogP contribution >= 0.6 is 11.6 Å². The lowest BCUT2D eigenvalue weighted by Crippen LogP contribution is -2.43. The number of fused-ring (bicyclic) bond motifs is 1. The lowest BCUT2D eigenvalue weighted by molar-refractivity contribution is -0.139. The predicted octanol–water partition coefficient (Wildman–Crippen LogP) is 6.09. The molecular weight excluding hydrogens is 441 g/mol. The van der Waals surface area contributed by atoms with Gasteiger partial charge in [0.15, 0.2) is 10.8 Å². The van der Waals surface area contributed by atoms with Gasteiger partial charge < -0.3 is 10.5 Å². The van der Waals surface area contributed by atoms with Crippen LogP contribution in [0.5, 0.6) is 5.75 Å². The predicted molar refractivity (Wildman–Crippen MR) is 118 cm³/mol. The Labute approximate surface area is 189 Å². The summed E-state index contributed by atoms with van der Waals surface area (Å²) in [5, 5.41) is 4.39. The van der Waals surface area contributed by atoms with E-state index in [9.17, 15) is 13.2 Å². The highest BCUT2D eigenvalue weighted by Gasteiger charge is 2.36. The molecule has 2 aromatic heterocycles. The van der Waals surface area contributed by atoms with Crippen molar-refractivity contribution in [1.82, 2.24) is 14.6 Å². The van der Waals surface area contributed by atoms with Crippen LogP contribution in [0.1, 0.15) is 57.2 Å². The van der Waals surface area contributed by atoms with Crippen molar-refractivity contribution in [3.05, 3.63) is 46.9 Å². The molecule has 0 aliphatic heterocycles. The third-order valence-electron chi connectivity index (χ3n) is 5.44. The van der Waals surface area contributed by atoms with E-state index in [4.69, 9.17) is 22.1 Å². The van der Waals surface area contributed by atoms with Crippen LogP contribution in [0.25, 0.3) is 16.8 Å². The third kappa shape index (κ3) is 5.02. The fourth-order valence-corrected chi connectivity index (χ4v) is 4.22. The minimum atomic E-state index is -4.60. The number of nitrogens with two attached hydrogens (primary N) is 1. The molecule has 2 heterocycles. The average Bonchev–Trinajstić information content (AvgIpc) is 3.43. The van der Waals surface area contributed by atoms with Crippen molar-refractivity contribution in [2.24, 2.45) is 11.7 Å². The molecule has 1 atom stereocenters. The van der Waals surface area contributed by atoms with Crippen LogP contribution in [0.15, 0.2) is 30.5 Å². The van der Waals surface area contributed by atoms with Gasteiger partial charge in [0.1, 0.15) is 12.4 Å². The smallest absolute Gasteiger partial charge is 0.419 e. The number of hydrogen-bond donors (Lipinski definition) is 1. The molecule has 1 aliphatic carbocycles. The fourth-order valence-electron chi connectivity index (χ4n) is 4.03. The molecule has 32 heavy (non-hydrogen) atoms. The fraction of sp³-hybridized carbons (Fsp3) is 0.478. The Hall–Kier alpha value is -2.32. The number of hydrogen-bond acceptors (Lipinski definition) is 4. The van der Waals surface area contributed by atoms with Gasteiger partial charge in [-0.15, -0.1) is 0 Å². The molecule has 172 valence electrons. The first-order valence-electron chi connectivity index (χ1n) is 10.6. The molecule has 1 aromatic carbocycles. The van der Waals surface area contributed by atoms with Crippen molar-refractivity contribution < 1.29 is 17.9 Å². The lowest BCUT2D eigenvalue weighted by atomic mass is 9.93. The summed E-state index contributed by atoms with van der Waals surface area (Å²) >= 11 is 6.16. The molecule has 2 N–H and O–H groups in total. The topological polar surface area (TPSA) is 65.4 Å². The number of imidazole rings is 1. The second-order valence-electron chi connectivity index (χ2n) is 9.34. The summed E-state index contributed by atoms with van der Waals surface area (Å²) in [6.07, 6.45) is -0.0806. The maximum absolute atomic E-state index is 13.9. The second-order valence-corrected chi connectivity index (χ2v) is 9.73. The molecule has 4 rings (SSSR count). The van der Waals surface area contributed by atoms with Crippen LogP contribution in [0.2, 0.25) is 5.15 Å². The van der Waals surface area contributed by atoms with Gasteiger partial charge in [-0.25, -0.2) is 9.50 Å². The van der Waals surface area contributed by atoms with Gasteiger partial charge in [0.25, 0.3) is 0 Å². The van der Waals surface area contributed by atoms with E-state index in [2.05, 4.69) is 10.1 Å². The number of rotatable bonds is 7. The second kappa shape index (κ2) is 8.23. The quantitative estimate of drug-likeness (QED) is 0.457. The number of nitrogens with zero attached hydrogens (tertiary/aromatic N) is 3. The van der Waals surface area contributed by atoms with Crippen LogP contribution < -0.4 is 10.5 Å². The zero-order valence-corrected chi connectivity index (χ0v) is 19.0. The Kier molecular flexibility index (Phi) is 5.88. The summed E-state index contributed by atoms with van der Waals surface area (Å²) in [7, 11) is 0. The van der Waals surface area contributed by atoms with Gasteiger partial charge in [-0.2, -0.15) is 18.3 Å². The van der Waals surface area contributed by atoms with Gasteiger partial charge in [-0.05, 0) is 55.9 Å². The van der Waals surface area contributed by atoms with Crippen LogP contribution in [-0.4, -0.2) is 26.7 Å². The minimum absolute atomic E-state index is 0.0239. The number of benzene rings is 1. The Balaban J connectivity index is 1.72. The number of ether oxygens (including phenoxy) is 1. The molecule has 9 heteroatoms. The highest BCUT2D eigenvalue weighted by atomic mass is 35.5. The lowest BCUT2D eigenvalue weighted by Gasteiger charge is -2.27. The number of halogens is 4. The maximum Gasteiger partial charge on any atom is 0.419 e. The molecule has 5 nitrogen and oxygen atoms in total. The van der Waals surface area contributed by atoms with Crippen LogP contribution in [0.3, 0.4) is 0 Å². The molecule has 0 amide bonds. The Bertz CT molecular complexity index is 1140. The average molecular weight is 467 g/mol. The van der Waals surface area contributed by atoms with Crippen molar-refractivity contribution in [2.75, 3.05) is 6.61 Å². The van der Waals surface area contributed by atoms with E-state index in [1.54, 1.807) is 19.2 Å². The molecule has 0 spiro atoms. The van der Waals surface area contributed by atoms with Crippen LogP contribution in [0, 0.1) is 5.92 Å². The Morgan fingerprint density at radius 2 is 1.97 bits per heavy atom. The molecule has 1 unspecified atom stereocenters. The normalized spacial score (nSPS) is 16.5. The molecule has 1 fully saturated rings. The van der Waals surface area contributed by atoms with E-state index in [-0.39, 0.29) is 17.5 Å². The molecule has 1 aliphatic rings. The van der Waals surface area contributed by atoms with Gasteiger partial charge in [-0.3, -0.25) is 0 Å². The maximum atomic E-state index is 13.9. The van der Waals surface area contributed by atoms with Crippen molar-refractivity contribution in [3.63, 3.8) is 0 Å². The summed E-state index contributed by atoms with van der Waals surface area (Å²) in [5.41, 5.74) is 6.79. The van der Waals surface area contributed by atoms with E-state index < -0.39 is 17.3 Å². The first kappa shape index (κ1) is 22.9. The monoisotopic (exact) mass is 466 g/mol. The number of aromatic nitrogens is 3. The summed E-state index contributed by atoms with van der Waals surface area (Å²) in [6, 6.07) is 5.52. The minimum Gasteiger partial charge on any atom is -0.491 e. The molecule has 0 saturated heterocycles. The van der Waals surface area contributed by atoms with Gasteiger partial charge in [0, 0.05) is 17.0 Å². The number of alkyl halides is 3.